The Morgan fingerprint density at radius 1 is 0.979 bits per heavy atom. The van der Waals surface area contributed by atoms with Gasteiger partial charge in [0.1, 0.15) is 22.9 Å². The fourth-order valence-corrected chi connectivity index (χ4v) is 6.53. The Hall–Kier alpha value is -3.57. The molecule has 0 amide bonds. The van der Waals surface area contributed by atoms with Crippen LogP contribution in [0.4, 0.5) is 4.39 Å². The molecule has 5 aromatic rings. The molecule has 0 aliphatic rings. The molecule has 0 bridgehead atoms. The van der Waals surface area contributed by atoms with Crippen LogP contribution in [0.2, 0.25) is 5.02 Å². The Kier molecular flexibility index (Phi) is 11.4. The molecule has 3 aromatic carbocycles. The van der Waals surface area contributed by atoms with Crippen molar-refractivity contribution in [2.75, 3.05) is 26.4 Å². The van der Waals surface area contributed by atoms with Crippen LogP contribution >= 0.6 is 24.5 Å². The second-order valence-corrected chi connectivity index (χ2v) is 13.5. The highest BCUT2D eigenvalue weighted by atomic mass is 35.5. The van der Waals surface area contributed by atoms with Gasteiger partial charge in [0, 0.05) is 47.8 Å². The van der Waals surface area contributed by atoms with Crippen molar-refractivity contribution in [3.05, 3.63) is 82.0 Å². The minimum atomic E-state index is -0.709. The van der Waals surface area contributed by atoms with E-state index >= 15 is 0 Å². The summed E-state index contributed by atoms with van der Waals surface area (Å²) in [5.41, 5.74) is 5.08. The topological polar surface area (TPSA) is 76.7 Å². The number of nitrogens with zero attached hydrogens (tertiary/aromatic N) is 3. The quantitative estimate of drug-likeness (QED) is 0.0542. The highest BCUT2D eigenvalue weighted by Crippen LogP contribution is 2.42. The number of esters is 1. The van der Waals surface area contributed by atoms with E-state index in [1.807, 2.05) is 81.2 Å². The fraction of sp³-hybridized carbons (Fsp3) is 0.405. The first-order valence-electron chi connectivity index (χ1n) is 16.1. The number of benzene rings is 3. The molecule has 48 heavy (non-hydrogen) atoms. The van der Waals surface area contributed by atoms with Crippen molar-refractivity contribution in [1.82, 2.24) is 14.3 Å². The number of carbonyl (C=O) groups is 1. The summed E-state index contributed by atoms with van der Waals surface area (Å²) in [4.78, 5) is 14.1. The first-order valence-corrected chi connectivity index (χ1v) is 16.9. The fourth-order valence-electron chi connectivity index (χ4n) is 6.21. The summed E-state index contributed by atoms with van der Waals surface area (Å²) < 4.78 is 40.6. The molecule has 0 saturated carbocycles. The molecule has 0 N–H and O–H groups in total. The monoisotopic (exact) mass is 695 g/mol. The van der Waals surface area contributed by atoms with Gasteiger partial charge >= 0.3 is 5.97 Å². The first kappa shape index (κ1) is 35.7. The van der Waals surface area contributed by atoms with Gasteiger partial charge in [-0.05, 0) is 108 Å². The molecule has 0 radical (unpaired) electrons. The molecule has 2 aromatic heterocycles. The molecule has 0 fully saturated rings. The van der Waals surface area contributed by atoms with E-state index in [1.165, 1.54) is 12.1 Å². The van der Waals surface area contributed by atoms with Crippen LogP contribution in [-0.2, 0) is 33.7 Å². The van der Waals surface area contributed by atoms with Crippen molar-refractivity contribution in [2.24, 2.45) is 7.05 Å². The number of carbonyl (C=O) groups excluding carboxylic acids is 1. The molecule has 5 rings (SSSR count). The third-order valence-electron chi connectivity index (χ3n) is 8.25. The lowest BCUT2D eigenvalue weighted by Gasteiger charge is -2.21. The van der Waals surface area contributed by atoms with Crippen molar-refractivity contribution < 1.29 is 27.6 Å². The van der Waals surface area contributed by atoms with Crippen LogP contribution in [-0.4, -0.2) is 52.3 Å². The Balaban J connectivity index is 1.58. The summed E-state index contributed by atoms with van der Waals surface area (Å²) in [5.74, 6) is -0.0147. The van der Waals surface area contributed by atoms with Crippen LogP contribution in [0.25, 0.3) is 32.8 Å². The maximum Gasteiger partial charge on any atom is 0.355 e. The minimum absolute atomic E-state index is 0.292. The number of halogens is 2. The van der Waals surface area contributed by atoms with Gasteiger partial charge in [-0.1, -0.05) is 29.8 Å². The lowest BCUT2D eigenvalue weighted by atomic mass is 9.98. The molecular weight excluding hydrogens is 653 g/mol. The summed E-state index contributed by atoms with van der Waals surface area (Å²) in [6.07, 6.45) is 1.79. The lowest BCUT2D eigenvalue weighted by molar-refractivity contribution is 0.00559. The molecular formula is C37H43ClFN3O5S. The molecule has 8 nitrogen and oxygen atoms in total. The number of hydrogen-bond donors (Lipinski definition) is 1. The predicted molar refractivity (Wildman–Crippen MR) is 192 cm³/mol. The zero-order valence-electron chi connectivity index (χ0n) is 28.4. The summed E-state index contributed by atoms with van der Waals surface area (Å²) in [7, 11) is 1.91. The Morgan fingerprint density at radius 3 is 2.46 bits per heavy atom. The van der Waals surface area contributed by atoms with E-state index in [9.17, 15) is 9.18 Å². The van der Waals surface area contributed by atoms with Crippen LogP contribution in [0.15, 0.2) is 48.5 Å². The Morgan fingerprint density at radius 2 is 1.75 bits per heavy atom. The van der Waals surface area contributed by atoms with E-state index in [2.05, 4.69) is 18.0 Å². The van der Waals surface area contributed by atoms with Crippen LogP contribution in [0, 0.1) is 19.7 Å². The molecule has 0 saturated heterocycles. The van der Waals surface area contributed by atoms with E-state index in [1.54, 1.807) is 6.07 Å². The SMILES string of the molecule is Cc1nn(C)c(C)c1-c1c(Cl)ccc2c(CCCOc3cccc4cc(F)ccc34)c(C(=O)OC(C)(C)C)n(CCCOCCOS)c12. The summed E-state index contributed by atoms with van der Waals surface area (Å²) in [6, 6.07) is 14.1. The largest absolute Gasteiger partial charge is 0.493 e. The van der Waals surface area contributed by atoms with E-state index in [-0.39, 0.29) is 5.82 Å². The van der Waals surface area contributed by atoms with Crippen LogP contribution < -0.4 is 4.74 Å². The molecule has 2 heterocycles. The highest BCUT2D eigenvalue weighted by molar-refractivity contribution is 7.75. The Bertz CT molecular complexity index is 1930. The van der Waals surface area contributed by atoms with Crippen molar-refractivity contribution >= 4 is 52.2 Å². The van der Waals surface area contributed by atoms with Gasteiger partial charge in [0.25, 0.3) is 0 Å². The second kappa shape index (κ2) is 15.3. The summed E-state index contributed by atoms with van der Waals surface area (Å²) >= 11 is 10.8. The summed E-state index contributed by atoms with van der Waals surface area (Å²) in [5, 5.41) is 7.78. The molecule has 11 heteroatoms. The maximum atomic E-state index is 14.1. The van der Waals surface area contributed by atoms with Gasteiger partial charge in [0.05, 0.1) is 36.1 Å². The molecule has 0 aliphatic heterocycles. The smallest absolute Gasteiger partial charge is 0.355 e. The van der Waals surface area contributed by atoms with Crippen LogP contribution in [0.3, 0.4) is 0 Å². The van der Waals surface area contributed by atoms with Gasteiger partial charge in [0.2, 0.25) is 0 Å². The Labute approximate surface area is 291 Å². The highest BCUT2D eigenvalue weighted by Gasteiger charge is 2.30. The van der Waals surface area contributed by atoms with E-state index in [0.29, 0.717) is 68.7 Å². The summed E-state index contributed by atoms with van der Waals surface area (Å²) in [6.45, 7) is 11.7. The number of rotatable bonds is 14. The van der Waals surface area contributed by atoms with Crippen LogP contribution in [0.5, 0.6) is 5.75 Å². The molecule has 0 unspecified atom stereocenters. The van der Waals surface area contributed by atoms with Crippen molar-refractivity contribution in [3.8, 4) is 16.9 Å². The number of aryl methyl sites for hydroxylation is 4. The third kappa shape index (κ3) is 7.83. The van der Waals surface area contributed by atoms with Crippen molar-refractivity contribution in [1.29, 1.82) is 0 Å². The number of aromatic nitrogens is 3. The third-order valence-corrected chi connectivity index (χ3v) is 8.75. The molecule has 256 valence electrons. The average Bonchev–Trinajstić information content (AvgIpc) is 3.47. The van der Waals surface area contributed by atoms with Gasteiger partial charge in [-0.2, -0.15) is 5.10 Å². The standard InChI is InChI=1S/C37H43ClFN3O5S/c1-23-32(24(2)41(6)40-23)33-30(38)16-15-29-28(11-8-19-45-31-12-7-10-25-22-26(39)13-14-27(25)31)35(36(43)47-37(3,4)5)42(34(29)33)17-9-18-44-20-21-46-48/h7,10,12-16,22,48H,8-9,11,17-21H2,1-6H3. The van der Waals surface area contributed by atoms with Crippen molar-refractivity contribution in [2.45, 2.75) is 66.0 Å². The van der Waals surface area contributed by atoms with E-state index in [0.717, 1.165) is 49.8 Å². The van der Waals surface area contributed by atoms with E-state index < -0.39 is 11.6 Å². The normalized spacial score (nSPS) is 11.9. The van der Waals surface area contributed by atoms with Gasteiger partial charge < -0.3 is 23.0 Å². The first-order chi connectivity index (χ1) is 22.9. The zero-order chi connectivity index (χ0) is 34.6. The molecule has 0 atom stereocenters. The molecule has 0 aliphatic carbocycles. The predicted octanol–water partition coefficient (Wildman–Crippen LogP) is 8.84. The second-order valence-electron chi connectivity index (χ2n) is 12.8. The number of fused-ring (bicyclic) bond motifs is 2. The van der Waals surface area contributed by atoms with E-state index in [4.69, 9.17) is 30.0 Å². The zero-order valence-corrected chi connectivity index (χ0v) is 30.0. The average molecular weight is 696 g/mol. The van der Waals surface area contributed by atoms with Gasteiger partial charge in [-0.3, -0.25) is 4.68 Å². The van der Waals surface area contributed by atoms with Gasteiger partial charge in [-0.25, -0.2) is 9.18 Å². The number of hydrogen-bond acceptors (Lipinski definition) is 7. The van der Waals surface area contributed by atoms with Gasteiger partial charge in [0.15, 0.2) is 0 Å². The van der Waals surface area contributed by atoms with Crippen molar-refractivity contribution in [3.63, 3.8) is 0 Å². The lowest BCUT2D eigenvalue weighted by Crippen LogP contribution is -2.26. The molecule has 0 spiro atoms. The number of ether oxygens (including phenoxy) is 3. The maximum absolute atomic E-state index is 14.1. The number of thiol groups is 1. The minimum Gasteiger partial charge on any atom is -0.493 e. The van der Waals surface area contributed by atoms with Crippen LogP contribution in [0.1, 0.15) is 61.1 Å². The van der Waals surface area contributed by atoms with Gasteiger partial charge in [-0.15, -0.1) is 0 Å².